The second-order valence-electron chi connectivity index (χ2n) is 4.68. The molecule has 0 heterocycles. The molecule has 118 valence electrons. The SMILES string of the molecule is COc1ccc(CN(C)S(=O)(=O)c2cc(Br)ccc2F)cc1. The third-order valence-corrected chi connectivity index (χ3v) is 5.46. The average molecular weight is 388 g/mol. The number of nitrogens with zero attached hydrogens (tertiary/aromatic N) is 1. The van der Waals surface area contributed by atoms with Gasteiger partial charge in [-0.1, -0.05) is 28.1 Å². The number of halogens is 2. The smallest absolute Gasteiger partial charge is 0.246 e. The van der Waals surface area contributed by atoms with Crippen molar-refractivity contribution in [3.05, 3.63) is 58.3 Å². The lowest BCUT2D eigenvalue weighted by Gasteiger charge is -2.18. The molecule has 0 radical (unpaired) electrons. The first-order valence-corrected chi connectivity index (χ1v) is 8.62. The summed E-state index contributed by atoms with van der Waals surface area (Å²) in [5.41, 5.74) is 0.780. The van der Waals surface area contributed by atoms with E-state index in [-0.39, 0.29) is 11.4 Å². The molecule has 0 N–H and O–H groups in total. The fraction of sp³-hybridized carbons (Fsp3) is 0.200. The molecule has 0 amide bonds. The van der Waals surface area contributed by atoms with Crippen LogP contribution in [0, 0.1) is 5.82 Å². The predicted molar refractivity (Wildman–Crippen MR) is 85.7 cm³/mol. The molecule has 0 aliphatic carbocycles. The molecule has 0 saturated carbocycles. The van der Waals surface area contributed by atoms with E-state index in [1.165, 1.54) is 19.2 Å². The van der Waals surface area contributed by atoms with Crippen LogP contribution >= 0.6 is 15.9 Å². The minimum absolute atomic E-state index is 0.137. The topological polar surface area (TPSA) is 46.6 Å². The maximum atomic E-state index is 13.8. The monoisotopic (exact) mass is 387 g/mol. The lowest BCUT2D eigenvalue weighted by Crippen LogP contribution is -2.27. The number of benzene rings is 2. The van der Waals surface area contributed by atoms with Crippen LogP contribution in [-0.4, -0.2) is 26.9 Å². The highest BCUT2D eigenvalue weighted by molar-refractivity contribution is 9.10. The number of ether oxygens (including phenoxy) is 1. The predicted octanol–water partition coefficient (Wildman–Crippen LogP) is 3.42. The summed E-state index contributed by atoms with van der Waals surface area (Å²) in [5.74, 6) is -0.0860. The molecule has 0 aromatic heterocycles. The summed E-state index contributed by atoms with van der Waals surface area (Å²) in [6.45, 7) is 0.137. The summed E-state index contributed by atoms with van der Waals surface area (Å²) in [6, 6.07) is 10.9. The molecule has 0 saturated heterocycles. The molecular weight excluding hydrogens is 373 g/mol. The number of sulfonamides is 1. The first kappa shape index (κ1) is 16.9. The van der Waals surface area contributed by atoms with Crippen LogP contribution in [0.25, 0.3) is 0 Å². The van der Waals surface area contributed by atoms with Crippen LogP contribution < -0.4 is 4.74 Å². The largest absolute Gasteiger partial charge is 0.497 e. The Balaban J connectivity index is 2.26. The number of hydrogen-bond donors (Lipinski definition) is 0. The zero-order valence-electron chi connectivity index (χ0n) is 12.1. The number of hydrogen-bond acceptors (Lipinski definition) is 3. The van der Waals surface area contributed by atoms with Gasteiger partial charge in [0.1, 0.15) is 16.5 Å². The van der Waals surface area contributed by atoms with Gasteiger partial charge in [0.25, 0.3) is 0 Å². The van der Waals surface area contributed by atoms with Gasteiger partial charge >= 0.3 is 0 Å². The number of methoxy groups -OCH3 is 1. The van der Waals surface area contributed by atoms with Crippen LogP contribution in [0.2, 0.25) is 0 Å². The van der Waals surface area contributed by atoms with E-state index in [2.05, 4.69) is 15.9 Å². The van der Waals surface area contributed by atoms with Gasteiger partial charge in [-0.3, -0.25) is 0 Å². The van der Waals surface area contributed by atoms with Crippen molar-refractivity contribution in [2.24, 2.45) is 0 Å². The summed E-state index contributed by atoms with van der Waals surface area (Å²) in [5, 5.41) is 0. The zero-order chi connectivity index (χ0) is 16.3. The highest BCUT2D eigenvalue weighted by Gasteiger charge is 2.24. The standard InChI is InChI=1S/C15H15BrFNO3S/c1-18(10-11-3-6-13(21-2)7-4-11)22(19,20)15-9-12(16)5-8-14(15)17/h3-9H,10H2,1-2H3. The molecule has 0 aliphatic heterocycles. The molecule has 2 aromatic rings. The molecular formula is C15H15BrFNO3S. The Morgan fingerprint density at radius 1 is 1.18 bits per heavy atom. The van der Waals surface area contributed by atoms with Gasteiger partial charge < -0.3 is 4.74 Å². The Morgan fingerprint density at radius 3 is 2.41 bits per heavy atom. The summed E-state index contributed by atoms with van der Waals surface area (Å²) in [6.07, 6.45) is 0. The van der Waals surface area contributed by atoms with Crippen LogP contribution in [0.3, 0.4) is 0 Å². The second-order valence-corrected chi connectivity index (χ2v) is 7.61. The van der Waals surface area contributed by atoms with Crippen molar-refractivity contribution in [1.82, 2.24) is 4.31 Å². The minimum atomic E-state index is -3.91. The summed E-state index contributed by atoms with van der Waals surface area (Å²) in [7, 11) is -0.935. The highest BCUT2D eigenvalue weighted by atomic mass is 79.9. The van der Waals surface area contributed by atoms with Crippen molar-refractivity contribution in [1.29, 1.82) is 0 Å². The van der Waals surface area contributed by atoms with Crippen molar-refractivity contribution in [2.75, 3.05) is 14.2 Å². The Kier molecular flexibility index (Phi) is 5.20. The molecule has 2 aromatic carbocycles. The Hall–Kier alpha value is -1.44. The van der Waals surface area contributed by atoms with Crippen molar-refractivity contribution >= 4 is 26.0 Å². The number of rotatable bonds is 5. The van der Waals surface area contributed by atoms with Gasteiger partial charge in [0.05, 0.1) is 7.11 Å². The molecule has 0 spiro atoms. The molecule has 0 atom stereocenters. The lowest BCUT2D eigenvalue weighted by molar-refractivity contribution is 0.414. The van der Waals surface area contributed by atoms with E-state index in [0.717, 1.165) is 15.9 Å². The average Bonchev–Trinajstić information content (AvgIpc) is 2.50. The van der Waals surface area contributed by atoms with Crippen LogP contribution in [0.4, 0.5) is 4.39 Å². The van der Waals surface area contributed by atoms with Gasteiger partial charge in [0.15, 0.2) is 0 Å². The van der Waals surface area contributed by atoms with E-state index in [1.54, 1.807) is 31.4 Å². The van der Waals surface area contributed by atoms with Crippen LogP contribution in [0.5, 0.6) is 5.75 Å². The van der Waals surface area contributed by atoms with E-state index in [1.807, 2.05) is 0 Å². The van der Waals surface area contributed by atoms with Gasteiger partial charge in [-0.25, -0.2) is 12.8 Å². The molecule has 22 heavy (non-hydrogen) atoms. The Bertz CT molecular complexity index is 763. The minimum Gasteiger partial charge on any atom is -0.497 e. The van der Waals surface area contributed by atoms with Gasteiger partial charge in [-0.2, -0.15) is 4.31 Å². The molecule has 0 aliphatic rings. The Labute approximate surface area is 137 Å². The van der Waals surface area contributed by atoms with Gasteiger partial charge in [-0.15, -0.1) is 0 Å². The molecule has 4 nitrogen and oxygen atoms in total. The first-order chi connectivity index (χ1) is 10.3. The third kappa shape index (κ3) is 3.66. The first-order valence-electron chi connectivity index (χ1n) is 6.39. The lowest BCUT2D eigenvalue weighted by atomic mass is 10.2. The van der Waals surface area contributed by atoms with Gasteiger partial charge in [0, 0.05) is 18.1 Å². The third-order valence-electron chi connectivity index (χ3n) is 3.15. The fourth-order valence-electron chi connectivity index (χ4n) is 1.92. The molecule has 7 heteroatoms. The normalized spacial score (nSPS) is 11.7. The fourth-order valence-corrected chi connectivity index (χ4v) is 3.67. The van der Waals surface area contributed by atoms with Gasteiger partial charge in [0.2, 0.25) is 10.0 Å². The van der Waals surface area contributed by atoms with Crippen molar-refractivity contribution in [3.63, 3.8) is 0 Å². The Morgan fingerprint density at radius 2 is 1.82 bits per heavy atom. The zero-order valence-corrected chi connectivity index (χ0v) is 14.5. The summed E-state index contributed by atoms with van der Waals surface area (Å²) < 4.78 is 45.4. The van der Waals surface area contributed by atoms with Crippen LogP contribution in [0.1, 0.15) is 5.56 Å². The van der Waals surface area contributed by atoms with Crippen LogP contribution in [-0.2, 0) is 16.6 Å². The van der Waals surface area contributed by atoms with E-state index >= 15 is 0 Å². The highest BCUT2D eigenvalue weighted by Crippen LogP contribution is 2.24. The summed E-state index contributed by atoms with van der Waals surface area (Å²) >= 11 is 3.16. The van der Waals surface area contributed by atoms with Gasteiger partial charge in [-0.05, 0) is 35.9 Å². The molecule has 0 unspecified atom stereocenters. The molecule has 0 bridgehead atoms. The van der Waals surface area contributed by atoms with E-state index in [4.69, 9.17) is 4.74 Å². The van der Waals surface area contributed by atoms with E-state index in [9.17, 15) is 12.8 Å². The van der Waals surface area contributed by atoms with E-state index in [0.29, 0.717) is 10.2 Å². The van der Waals surface area contributed by atoms with E-state index < -0.39 is 15.8 Å². The molecule has 0 fully saturated rings. The van der Waals surface area contributed by atoms with Crippen LogP contribution in [0.15, 0.2) is 51.8 Å². The van der Waals surface area contributed by atoms with Crippen molar-refractivity contribution < 1.29 is 17.5 Å². The van der Waals surface area contributed by atoms with Crippen molar-refractivity contribution in [3.8, 4) is 5.75 Å². The maximum absolute atomic E-state index is 13.8. The maximum Gasteiger partial charge on any atom is 0.246 e. The second kappa shape index (κ2) is 6.76. The quantitative estimate of drug-likeness (QED) is 0.789. The van der Waals surface area contributed by atoms with Crippen molar-refractivity contribution in [2.45, 2.75) is 11.4 Å². The summed E-state index contributed by atoms with van der Waals surface area (Å²) in [4.78, 5) is -0.349. The molecule has 2 rings (SSSR count).